The predicted octanol–water partition coefficient (Wildman–Crippen LogP) is 0.982. The molecule has 3 aromatic rings. The van der Waals surface area contributed by atoms with Crippen LogP contribution in [0.25, 0.3) is 11.0 Å². The van der Waals surface area contributed by atoms with Gasteiger partial charge in [0.05, 0.1) is 23.4 Å². The van der Waals surface area contributed by atoms with Gasteiger partial charge < -0.3 is 0 Å². The van der Waals surface area contributed by atoms with Crippen LogP contribution < -0.4 is 0 Å². The lowest BCUT2D eigenvalue weighted by Crippen LogP contribution is -1.95. The SMILES string of the molecule is c1cc2cncn2n2cncc12. The number of aromatic nitrogens is 4. The normalized spacial score (nSPS) is 11.3. The molecule has 0 amide bonds. The zero-order valence-electron chi connectivity index (χ0n) is 6.25. The van der Waals surface area contributed by atoms with Gasteiger partial charge in [0.25, 0.3) is 0 Å². The lowest BCUT2D eigenvalue weighted by atomic mass is 10.4. The highest BCUT2D eigenvalue weighted by Crippen LogP contribution is 2.06. The van der Waals surface area contributed by atoms with Crippen LogP contribution in [0.4, 0.5) is 0 Å². The average molecular weight is 158 g/mol. The van der Waals surface area contributed by atoms with E-state index in [2.05, 4.69) is 9.97 Å². The van der Waals surface area contributed by atoms with E-state index in [1.54, 1.807) is 12.7 Å². The summed E-state index contributed by atoms with van der Waals surface area (Å²) in [5.74, 6) is 0. The molecule has 0 aliphatic heterocycles. The van der Waals surface area contributed by atoms with Crippen molar-refractivity contribution in [3.8, 4) is 0 Å². The number of imidazole rings is 2. The smallest absolute Gasteiger partial charge is 0.116 e. The van der Waals surface area contributed by atoms with Crippen LogP contribution in [0.3, 0.4) is 0 Å². The molecule has 58 valence electrons. The third kappa shape index (κ3) is 0.567. The van der Waals surface area contributed by atoms with Crippen LogP contribution in [-0.2, 0) is 0 Å². The molecule has 0 N–H and O–H groups in total. The maximum absolute atomic E-state index is 4.05. The summed E-state index contributed by atoms with van der Waals surface area (Å²) in [6.45, 7) is 0. The van der Waals surface area contributed by atoms with E-state index in [1.807, 2.05) is 33.6 Å². The molecule has 0 fully saturated rings. The second-order valence-corrected chi connectivity index (χ2v) is 2.66. The summed E-state index contributed by atoms with van der Waals surface area (Å²) in [5, 5.41) is 0. The van der Waals surface area contributed by atoms with Crippen molar-refractivity contribution in [2.24, 2.45) is 0 Å². The van der Waals surface area contributed by atoms with Gasteiger partial charge in [0, 0.05) is 0 Å². The van der Waals surface area contributed by atoms with Crippen molar-refractivity contribution in [3.63, 3.8) is 0 Å². The number of nitrogens with zero attached hydrogens (tertiary/aromatic N) is 4. The molecule has 0 aliphatic carbocycles. The monoisotopic (exact) mass is 158 g/mol. The maximum Gasteiger partial charge on any atom is 0.116 e. The van der Waals surface area contributed by atoms with Gasteiger partial charge in [0.15, 0.2) is 0 Å². The molecule has 0 spiro atoms. The van der Waals surface area contributed by atoms with Gasteiger partial charge in [0.1, 0.15) is 12.7 Å². The Hall–Kier alpha value is -1.84. The van der Waals surface area contributed by atoms with Crippen molar-refractivity contribution in [2.75, 3.05) is 0 Å². The summed E-state index contributed by atoms with van der Waals surface area (Å²) in [4.78, 5) is 8.09. The molecular weight excluding hydrogens is 152 g/mol. The van der Waals surface area contributed by atoms with E-state index in [9.17, 15) is 0 Å². The molecule has 0 bridgehead atoms. The van der Waals surface area contributed by atoms with Gasteiger partial charge in [-0.2, -0.15) is 0 Å². The van der Waals surface area contributed by atoms with E-state index in [0.717, 1.165) is 11.0 Å². The van der Waals surface area contributed by atoms with Crippen LogP contribution in [0.1, 0.15) is 0 Å². The highest BCUT2D eigenvalue weighted by molar-refractivity contribution is 5.52. The molecule has 0 radical (unpaired) electrons. The Bertz CT molecular complexity index is 484. The zero-order chi connectivity index (χ0) is 7.97. The average Bonchev–Trinajstić information content (AvgIpc) is 2.71. The second-order valence-electron chi connectivity index (χ2n) is 2.66. The first-order valence-electron chi connectivity index (χ1n) is 3.68. The third-order valence-electron chi connectivity index (χ3n) is 1.95. The van der Waals surface area contributed by atoms with E-state index in [0.29, 0.717) is 0 Å². The standard InChI is InChI=1S/C8H6N4/c1-2-8-4-10-6-12(8)11-5-9-3-7(1)11/h1-6H. The molecule has 0 saturated carbocycles. The van der Waals surface area contributed by atoms with Crippen LogP contribution in [-0.4, -0.2) is 19.0 Å². The van der Waals surface area contributed by atoms with Crippen LogP contribution >= 0.6 is 0 Å². The molecule has 3 heterocycles. The van der Waals surface area contributed by atoms with E-state index < -0.39 is 0 Å². The van der Waals surface area contributed by atoms with Crippen LogP contribution in [0.2, 0.25) is 0 Å². The minimum absolute atomic E-state index is 1.07. The van der Waals surface area contributed by atoms with Gasteiger partial charge in [-0.15, -0.1) is 0 Å². The molecule has 4 heteroatoms. The second kappa shape index (κ2) is 1.85. The van der Waals surface area contributed by atoms with Crippen LogP contribution in [0.15, 0.2) is 37.2 Å². The fraction of sp³-hybridized carbons (Fsp3) is 0. The number of hydrogen-bond donors (Lipinski definition) is 0. The Balaban J connectivity index is 2.71. The number of fused-ring (bicyclic) bond motifs is 3. The Labute approximate surface area is 68.1 Å². The van der Waals surface area contributed by atoms with Crippen molar-refractivity contribution in [2.45, 2.75) is 0 Å². The highest BCUT2D eigenvalue weighted by atomic mass is 15.3. The van der Waals surface area contributed by atoms with Gasteiger partial charge in [-0.3, -0.25) is 0 Å². The van der Waals surface area contributed by atoms with E-state index in [-0.39, 0.29) is 0 Å². The summed E-state index contributed by atoms with van der Waals surface area (Å²) in [6, 6.07) is 4.04. The van der Waals surface area contributed by atoms with Crippen molar-refractivity contribution in [1.82, 2.24) is 19.0 Å². The highest BCUT2D eigenvalue weighted by Gasteiger charge is 1.97. The zero-order valence-corrected chi connectivity index (χ0v) is 6.25. The summed E-state index contributed by atoms with van der Waals surface area (Å²) in [7, 11) is 0. The fourth-order valence-electron chi connectivity index (χ4n) is 1.37. The molecule has 0 atom stereocenters. The lowest BCUT2D eigenvalue weighted by molar-refractivity contribution is 0.842. The molecule has 4 nitrogen and oxygen atoms in total. The molecule has 0 aliphatic rings. The molecule has 12 heavy (non-hydrogen) atoms. The van der Waals surface area contributed by atoms with Crippen molar-refractivity contribution in [1.29, 1.82) is 0 Å². The van der Waals surface area contributed by atoms with Crippen molar-refractivity contribution in [3.05, 3.63) is 37.2 Å². The summed E-state index contributed by atoms with van der Waals surface area (Å²) in [6.07, 6.45) is 7.17. The Morgan fingerprint density at radius 1 is 0.833 bits per heavy atom. The summed E-state index contributed by atoms with van der Waals surface area (Å²) >= 11 is 0. The van der Waals surface area contributed by atoms with E-state index in [4.69, 9.17) is 0 Å². The Kier molecular flexibility index (Phi) is 0.889. The van der Waals surface area contributed by atoms with Crippen LogP contribution in [0, 0.1) is 0 Å². The number of rotatable bonds is 0. The van der Waals surface area contributed by atoms with Gasteiger partial charge in [-0.05, 0) is 12.1 Å². The van der Waals surface area contributed by atoms with Crippen LogP contribution in [0.5, 0.6) is 0 Å². The minimum Gasteiger partial charge on any atom is -0.243 e. The van der Waals surface area contributed by atoms with Gasteiger partial charge >= 0.3 is 0 Å². The van der Waals surface area contributed by atoms with Gasteiger partial charge in [0.2, 0.25) is 0 Å². The first-order chi connectivity index (χ1) is 5.95. The van der Waals surface area contributed by atoms with Crippen molar-refractivity contribution < 1.29 is 0 Å². The molecule has 0 aromatic carbocycles. The van der Waals surface area contributed by atoms with Gasteiger partial charge in [-0.25, -0.2) is 19.0 Å². The first-order valence-corrected chi connectivity index (χ1v) is 3.68. The Morgan fingerprint density at radius 3 is 1.83 bits per heavy atom. The Morgan fingerprint density at radius 2 is 1.33 bits per heavy atom. The molecule has 0 unspecified atom stereocenters. The van der Waals surface area contributed by atoms with E-state index in [1.165, 1.54) is 0 Å². The fourth-order valence-corrected chi connectivity index (χ4v) is 1.37. The van der Waals surface area contributed by atoms with E-state index >= 15 is 0 Å². The van der Waals surface area contributed by atoms with Gasteiger partial charge in [-0.1, -0.05) is 0 Å². The summed E-state index contributed by atoms with van der Waals surface area (Å²) in [5.41, 5.74) is 2.14. The molecule has 3 rings (SSSR count). The largest absolute Gasteiger partial charge is 0.243 e. The predicted molar refractivity (Wildman–Crippen MR) is 43.9 cm³/mol. The quantitative estimate of drug-likeness (QED) is 0.488. The first kappa shape index (κ1) is 5.77. The topological polar surface area (TPSA) is 34.6 Å². The molecule has 3 aromatic heterocycles. The maximum atomic E-state index is 4.05. The third-order valence-corrected chi connectivity index (χ3v) is 1.95. The van der Waals surface area contributed by atoms with Crippen molar-refractivity contribution >= 4 is 11.0 Å². The minimum atomic E-state index is 1.07. The summed E-state index contributed by atoms with van der Waals surface area (Å²) < 4.78 is 3.89. The number of hydrogen-bond acceptors (Lipinski definition) is 2. The molecular formula is C8H6N4. The lowest BCUT2D eigenvalue weighted by Gasteiger charge is -1.97. The molecule has 0 saturated heterocycles.